The summed E-state index contributed by atoms with van der Waals surface area (Å²) in [7, 11) is 0. The fourth-order valence-electron chi connectivity index (χ4n) is 0.389. The normalized spacial score (nSPS) is 9.56. The number of hydrogen-bond acceptors (Lipinski definition) is 3. The van der Waals surface area contributed by atoms with Gasteiger partial charge in [0.15, 0.2) is 5.12 Å². The van der Waals surface area contributed by atoms with Gasteiger partial charge in [0.25, 0.3) is 0 Å². The van der Waals surface area contributed by atoms with Crippen LogP contribution in [-0.2, 0) is 9.53 Å². The molecule has 0 aliphatic rings. The number of rotatable bonds is 4. The van der Waals surface area contributed by atoms with Crippen molar-refractivity contribution in [2.45, 2.75) is 13.8 Å². The lowest BCUT2D eigenvalue weighted by Crippen LogP contribution is -1.97. The molecule has 0 aliphatic heterocycles. The van der Waals surface area contributed by atoms with Crippen LogP contribution >= 0.6 is 11.8 Å². The van der Waals surface area contributed by atoms with Crippen LogP contribution in [0.25, 0.3) is 0 Å². The highest BCUT2D eigenvalue weighted by Crippen LogP contribution is 1.99. The van der Waals surface area contributed by atoms with Crippen molar-refractivity contribution in [2.24, 2.45) is 0 Å². The molecule has 0 fully saturated rings. The van der Waals surface area contributed by atoms with Crippen molar-refractivity contribution in [1.82, 2.24) is 0 Å². The zero-order valence-electron chi connectivity index (χ0n) is 5.85. The van der Waals surface area contributed by atoms with Crippen LogP contribution in [-0.4, -0.2) is 24.1 Å². The molecular formula is C6H12O2S. The minimum atomic E-state index is 0.162. The average molecular weight is 148 g/mol. The van der Waals surface area contributed by atoms with E-state index in [1.807, 2.05) is 6.92 Å². The van der Waals surface area contributed by atoms with Crippen LogP contribution in [0.1, 0.15) is 13.8 Å². The molecule has 0 aliphatic carbocycles. The average Bonchev–Trinajstić information content (AvgIpc) is 1.80. The van der Waals surface area contributed by atoms with E-state index < -0.39 is 0 Å². The maximum Gasteiger partial charge on any atom is 0.185 e. The third-order valence-electron chi connectivity index (χ3n) is 0.737. The summed E-state index contributed by atoms with van der Waals surface area (Å²) < 4.78 is 5.01. The van der Waals surface area contributed by atoms with Gasteiger partial charge in [0.1, 0.15) is 0 Å². The van der Waals surface area contributed by atoms with Gasteiger partial charge in [0.2, 0.25) is 0 Å². The zero-order chi connectivity index (χ0) is 7.11. The van der Waals surface area contributed by atoms with Crippen LogP contribution in [0.2, 0.25) is 0 Å². The summed E-state index contributed by atoms with van der Waals surface area (Å²) >= 11 is 1.31. The van der Waals surface area contributed by atoms with E-state index in [1.54, 1.807) is 6.92 Å². The van der Waals surface area contributed by atoms with E-state index in [9.17, 15) is 4.79 Å². The van der Waals surface area contributed by atoms with Gasteiger partial charge < -0.3 is 4.74 Å². The van der Waals surface area contributed by atoms with Gasteiger partial charge >= 0.3 is 0 Å². The summed E-state index contributed by atoms with van der Waals surface area (Å²) in [4.78, 5) is 10.3. The first-order chi connectivity index (χ1) is 4.27. The highest BCUT2D eigenvalue weighted by atomic mass is 32.2. The monoisotopic (exact) mass is 148 g/mol. The molecule has 0 radical (unpaired) electrons. The molecule has 54 valence electrons. The van der Waals surface area contributed by atoms with Gasteiger partial charge in [-0.25, -0.2) is 0 Å². The van der Waals surface area contributed by atoms with Crippen molar-refractivity contribution in [3.63, 3.8) is 0 Å². The molecule has 0 aromatic carbocycles. The summed E-state index contributed by atoms with van der Waals surface area (Å²) in [5, 5.41) is 0.162. The molecule has 0 heterocycles. The molecule has 0 spiro atoms. The van der Waals surface area contributed by atoms with Crippen LogP contribution in [0.3, 0.4) is 0 Å². The van der Waals surface area contributed by atoms with Crippen LogP contribution in [0.5, 0.6) is 0 Å². The Kier molecular flexibility index (Phi) is 6.09. The number of ether oxygens (including phenoxy) is 1. The molecule has 0 aromatic heterocycles. The summed E-state index contributed by atoms with van der Waals surface area (Å²) in [6, 6.07) is 0. The summed E-state index contributed by atoms with van der Waals surface area (Å²) in [5.41, 5.74) is 0. The smallest absolute Gasteiger partial charge is 0.185 e. The number of hydrogen-bond donors (Lipinski definition) is 0. The molecule has 3 heteroatoms. The fraction of sp³-hybridized carbons (Fsp3) is 0.833. The SMILES string of the molecule is CCOCCSC(C)=O. The minimum absolute atomic E-state index is 0.162. The molecule has 0 N–H and O–H groups in total. The standard InChI is InChI=1S/C6H12O2S/c1-3-8-4-5-9-6(2)7/h3-5H2,1-2H3. The molecule has 0 bridgehead atoms. The Balaban J connectivity index is 2.83. The molecule has 0 unspecified atom stereocenters. The second-order valence-corrected chi connectivity index (χ2v) is 2.81. The molecule has 0 amide bonds. The molecule has 0 aromatic rings. The van der Waals surface area contributed by atoms with E-state index in [0.29, 0.717) is 6.61 Å². The van der Waals surface area contributed by atoms with Crippen molar-refractivity contribution < 1.29 is 9.53 Å². The topological polar surface area (TPSA) is 26.3 Å². The first-order valence-electron chi connectivity index (χ1n) is 2.98. The Hall–Kier alpha value is -0.0200. The van der Waals surface area contributed by atoms with Gasteiger partial charge in [-0.2, -0.15) is 0 Å². The number of thioether (sulfide) groups is 1. The molecule has 0 saturated heterocycles. The van der Waals surface area contributed by atoms with Crippen LogP contribution in [0.4, 0.5) is 0 Å². The van der Waals surface area contributed by atoms with Crippen molar-refractivity contribution in [3.8, 4) is 0 Å². The Morgan fingerprint density at radius 1 is 1.67 bits per heavy atom. The van der Waals surface area contributed by atoms with Gasteiger partial charge in [-0.15, -0.1) is 0 Å². The molecule has 9 heavy (non-hydrogen) atoms. The van der Waals surface area contributed by atoms with Gasteiger partial charge in [0.05, 0.1) is 6.61 Å². The van der Waals surface area contributed by atoms with Crippen LogP contribution in [0, 0.1) is 0 Å². The van der Waals surface area contributed by atoms with E-state index in [4.69, 9.17) is 4.74 Å². The highest BCUT2D eigenvalue weighted by molar-refractivity contribution is 8.13. The van der Waals surface area contributed by atoms with Crippen LogP contribution < -0.4 is 0 Å². The lowest BCUT2D eigenvalue weighted by atomic mass is 10.8. The van der Waals surface area contributed by atoms with Gasteiger partial charge in [0, 0.05) is 19.3 Å². The largest absolute Gasteiger partial charge is 0.381 e. The quantitative estimate of drug-likeness (QED) is 0.562. The lowest BCUT2D eigenvalue weighted by molar-refractivity contribution is -0.109. The van der Waals surface area contributed by atoms with Crippen LogP contribution in [0.15, 0.2) is 0 Å². The summed E-state index contributed by atoms with van der Waals surface area (Å²) in [6.45, 7) is 4.92. The Morgan fingerprint density at radius 3 is 2.78 bits per heavy atom. The zero-order valence-corrected chi connectivity index (χ0v) is 6.66. The summed E-state index contributed by atoms with van der Waals surface area (Å²) in [6.07, 6.45) is 0. The Bertz CT molecular complexity index is 83.1. The van der Waals surface area contributed by atoms with E-state index in [1.165, 1.54) is 11.8 Å². The third kappa shape index (κ3) is 7.98. The predicted molar refractivity (Wildman–Crippen MR) is 39.6 cm³/mol. The third-order valence-corrected chi connectivity index (χ3v) is 1.51. The Morgan fingerprint density at radius 2 is 2.33 bits per heavy atom. The Labute approximate surface area is 60.0 Å². The first kappa shape index (κ1) is 8.98. The maximum absolute atomic E-state index is 10.3. The van der Waals surface area contributed by atoms with Gasteiger partial charge in [-0.3, -0.25) is 4.79 Å². The molecular weight excluding hydrogens is 136 g/mol. The van der Waals surface area contributed by atoms with E-state index in [0.717, 1.165) is 12.4 Å². The fourth-order valence-corrected chi connectivity index (χ4v) is 0.877. The second-order valence-electron chi connectivity index (χ2n) is 1.54. The van der Waals surface area contributed by atoms with Crippen molar-refractivity contribution in [2.75, 3.05) is 19.0 Å². The first-order valence-corrected chi connectivity index (χ1v) is 3.97. The molecule has 0 rings (SSSR count). The second kappa shape index (κ2) is 6.11. The van der Waals surface area contributed by atoms with Crippen molar-refractivity contribution in [1.29, 1.82) is 0 Å². The van der Waals surface area contributed by atoms with Crippen molar-refractivity contribution >= 4 is 16.9 Å². The van der Waals surface area contributed by atoms with E-state index >= 15 is 0 Å². The number of carbonyl (C=O) groups is 1. The highest BCUT2D eigenvalue weighted by Gasteiger charge is 1.91. The minimum Gasteiger partial charge on any atom is -0.381 e. The van der Waals surface area contributed by atoms with E-state index in [2.05, 4.69) is 0 Å². The predicted octanol–water partition coefficient (Wildman–Crippen LogP) is 1.30. The van der Waals surface area contributed by atoms with Crippen molar-refractivity contribution in [3.05, 3.63) is 0 Å². The van der Waals surface area contributed by atoms with Gasteiger partial charge in [-0.05, 0) is 6.92 Å². The number of carbonyl (C=O) groups excluding carboxylic acids is 1. The maximum atomic E-state index is 10.3. The molecule has 2 nitrogen and oxygen atoms in total. The van der Waals surface area contributed by atoms with Gasteiger partial charge in [-0.1, -0.05) is 11.8 Å². The van der Waals surface area contributed by atoms with E-state index in [-0.39, 0.29) is 5.12 Å². The molecule has 0 atom stereocenters. The summed E-state index contributed by atoms with van der Waals surface area (Å²) in [5.74, 6) is 0.781. The molecule has 0 saturated carbocycles. The lowest BCUT2D eigenvalue weighted by Gasteiger charge is -1.96.